The van der Waals surface area contributed by atoms with Crippen molar-refractivity contribution in [2.24, 2.45) is 0 Å². The molecular formula is C10H10NO3. The van der Waals surface area contributed by atoms with E-state index < -0.39 is 5.97 Å². The number of rotatable bonds is 5. The molecule has 0 atom stereocenters. The van der Waals surface area contributed by atoms with Gasteiger partial charge in [0.1, 0.15) is 6.61 Å². The third-order valence-electron chi connectivity index (χ3n) is 1.55. The average Bonchev–Trinajstić information content (AvgIpc) is 2.25. The van der Waals surface area contributed by atoms with Gasteiger partial charge in [-0.25, -0.2) is 0 Å². The first-order valence-electron chi connectivity index (χ1n) is 4.22. The lowest BCUT2D eigenvalue weighted by Crippen LogP contribution is -2.04. The summed E-state index contributed by atoms with van der Waals surface area (Å²) in [5, 5.41) is 0. The van der Waals surface area contributed by atoms with Crippen LogP contribution in [0.15, 0.2) is 24.5 Å². The summed E-state index contributed by atoms with van der Waals surface area (Å²) >= 11 is 0. The van der Waals surface area contributed by atoms with Crippen molar-refractivity contribution in [2.45, 2.75) is 19.4 Å². The van der Waals surface area contributed by atoms with Crippen LogP contribution in [0.25, 0.3) is 0 Å². The van der Waals surface area contributed by atoms with E-state index in [1.165, 1.54) is 0 Å². The lowest BCUT2D eigenvalue weighted by Gasteiger charge is -2.02. The summed E-state index contributed by atoms with van der Waals surface area (Å²) in [6, 6.07) is 3.58. The number of nitrogens with zero attached hydrogens (tertiary/aromatic N) is 1. The maximum atomic E-state index is 11.0. The van der Waals surface area contributed by atoms with Crippen LogP contribution in [0.3, 0.4) is 0 Å². The Balaban J connectivity index is 2.27. The summed E-state index contributed by atoms with van der Waals surface area (Å²) in [5.74, 6) is -0.391. The van der Waals surface area contributed by atoms with Crippen molar-refractivity contribution < 1.29 is 14.3 Å². The van der Waals surface area contributed by atoms with E-state index in [2.05, 4.69) is 4.98 Å². The van der Waals surface area contributed by atoms with Gasteiger partial charge < -0.3 is 4.74 Å². The minimum atomic E-state index is -0.391. The van der Waals surface area contributed by atoms with Gasteiger partial charge in [-0.3, -0.25) is 14.6 Å². The van der Waals surface area contributed by atoms with Gasteiger partial charge in [-0.1, -0.05) is 6.07 Å². The second-order valence-corrected chi connectivity index (χ2v) is 2.67. The Labute approximate surface area is 81.9 Å². The Hall–Kier alpha value is -1.71. The molecular weight excluding hydrogens is 182 g/mol. The van der Waals surface area contributed by atoms with E-state index >= 15 is 0 Å². The third-order valence-corrected chi connectivity index (χ3v) is 1.55. The fraction of sp³-hybridized carbons (Fsp3) is 0.300. The molecule has 73 valence electrons. The van der Waals surface area contributed by atoms with Crippen LogP contribution >= 0.6 is 0 Å². The molecule has 0 unspecified atom stereocenters. The topological polar surface area (TPSA) is 56.3 Å². The fourth-order valence-electron chi connectivity index (χ4n) is 0.873. The molecule has 4 heteroatoms. The summed E-state index contributed by atoms with van der Waals surface area (Å²) in [6.07, 6.45) is 5.08. The largest absolute Gasteiger partial charge is 0.461 e. The zero-order chi connectivity index (χ0) is 10.2. The smallest absolute Gasteiger partial charge is 0.306 e. The van der Waals surface area contributed by atoms with Gasteiger partial charge in [0.25, 0.3) is 0 Å². The molecule has 0 saturated heterocycles. The SMILES string of the molecule is O=[C]CCC(=O)OCc1cccnc1. The number of ether oxygens (including phenoxy) is 1. The molecule has 0 amide bonds. The first kappa shape index (κ1) is 10.4. The van der Waals surface area contributed by atoms with Crippen LogP contribution in [-0.2, 0) is 20.9 Å². The monoisotopic (exact) mass is 192 g/mol. The van der Waals surface area contributed by atoms with Crippen LogP contribution in [0, 0.1) is 0 Å². The number of hydrogen-bond donors (Lipinski definition) is 0. The Morgan fingerprint density at radius 1 is 1.57 bits per heavy atom. The van der Waals surface area contributed by atoms with Gasteiger partial charge in [0.15, 0.2) is 6.29 Å². The second kappa shape index (κ2) is 5.85. The molecule has 1 aromatic heterocycles. The second-order valence-electron chi connectivity index (χ2n) is 2.67. The van der Waals surface area contributed by atoms with E-state index in [0.29, 0.717) is 0 Å². The number of pyridine rings is 1. The number of hydrogen-bond acceptors (Lipinski definition) is 4. The quantitative estimate of drug-likeness (QED) is 0.653. The van der Waals surface area contributed by atoms with Crippen molar-refractivity contribution in [3.8, 4) is 0 Å². The molecule has 1 aromatic rings. The summed E-state index contributed by atoms with van der Waals surface area (Å²) < 4.78 is 4.87. The molecule has 0 fully saturated rings. The van der Waals surface area contributed by atoms with Crippen LogP contribution in [-0.4, -0.2) is 17.2 Å². The summed E-state index contributed by atoms with van der Waals surface area (Å²) in [4.78, 5) is 24.7. The summed E-state index contributed by atoms with van der Waals surface area (Å²) in [6.45, 7) is 0.200. The first-order chi connectivity index (χ1) is 6.83. The summed E-state index contributed by atoms with van der Waals surface area (Å²) in [7, 11) is 0. The highest BCUT2D eigenvalue weighted by Gasteiger charge is 2.02. The van der Waals surface area contributed by atoms with E-state index in [1.807, 2.05) is 6.07 Å². The minimum Gasteiger partial charge on any atom is -0.461 e. The van der Waals surface area contributed by atoms with Crippen molar-refractivity contribution >= 4 is 12.3 Å². The molecule has 1 rings (SSSR count). The van der Waals surface area contributed by atoms with Crippen LogP contribution in [0.2, 0.25) is 0 Å². The lowest BCUT2D eigenvalue weighted by atomic mass is 10.3. The first-order valence-corrected chi connectivity index (χ1v) is 4.22. The van der Waals surface area contributed by atoms with Crippen LogP contribution in [0.1, 0.15) is 18.4 Å². The number of esters is 1. The number of carbonyl (C=O) groups excluding carboxylic acids is 2. The van der Waals surface area contributed by atoms with Gasteiger partial charge in [0.05, 0.1) is 6.42 Å². The third kappa shape index (κ3) is 3.80. The van der Waals surface area contributed by atoms with Gasteiger partial charge in [-0.05, 0) is 6.07 Å². The van der Waals surface area contributed by atoms with Crippen molar-refractivity contribution in [2.75, 3.05) is 0 Å². The average molecular weight is 192 g/mol. The van der Waals surface area contributed by atoms with Crippen molar-refractivity contribution in [1.29, 1.82) is 0 Å². The maximum absolute atomic E-state index is 11.0. The molecule has 0 aliphatic carbocycles. The molecule has 0 saturated carbocycles. The molecule has 1 radical (unpaired) electrons. The van der Waals surface area contributed by atoms with Gasteiger partial charge in [0, 0.05) is 24.4 Å². The van der Waals surface area contributed by atoms with Crippen molar-refractivity contribution in [3.05, 3.63) is 30.1 Å². The van der Waals surface area contributed by atoms with Gasteiger partial charge in [-0.15, -0.1) is 0 Å². The highest BCUT2D eigenvalue weighted by molar-refractivity contribution is 5.72. The standard InChI is InChI=1S/C10H10NO3/c12-6-2-4-10(13)14-8-9-3-1-5-11-7-9/h1,3,5,7H,2,4,8H2. The minimum absolute atomic E-state index is 0.0871. The molecule has 1 heterocycles. The zero-order valence-corrected chi connectivity index (χ0v) is 7.60. The van der Waals surface area contributed by atoms with Crippen LogP contribution < -0.4 is 0 Å². The molecule has 0 spiro atoms. The highest BCUT2D eigenvalue weighted by atomic mass is 16.5. The van der Waals surface area contributed by atoms with E-state index in [0.717, 1.165) is 5.56 Å². The Kier molecular flexibility index (Phi) is 4.34. The van der Waals surface area contributed by atoms with E-state index in [-0.39, 0.29) is 19.4 Å². The predicted molar refractivity (Wildman–Crippen MR) is 49.0 cm³/mol. The Morgan fingerprint density at radius 2 is 2.43 bits per heavy atom. The lowest BCUT2D eigenvalue weighted by molar-refractivity contribution is -0.144. The van der Waals surface area contributed by atoms with Crippen molar-refractivity contribution in [3.63, 3.8) is 0 Å². The molecule has 0 N–H and O–H groups in total. The van der Waals surface area contributed by atoms with Crippen LogP contribution in [0.4, 0.5) is 0 Å². The molecule has 4 nitrogen and oxygen atoms in total. The Morgan fingerprint density at radius 3 is 3.07 bits per heavy atom. The number of carbonyl (C=O) groups is 1. The van der Waals surface area contributed by atoms with Gasteiger partial charge in [-0.2, -0.15) is 0 Å². The van der Waals surface area contributed by atoms with E-state index in [9.17, 15) is 9.59 Å². The van der Waals surface area contributed by atoms with Crippen molar-refractivity contribution in [1.82, 2.24) is 4.98 Å². The maximum Gasteiger partial charge on any atom is 0.306 e. The van der Waals surface area contributed by atoms with E-state index in [1.54, 1.807) is 24.7 Å². The zero-order valence-electron chi connectivity index (χ0n) is 7.60. The normalized spacial score (nSPS) is 9.43. The Bertz CT molecular complexity index is 297. The van der Waals surface area contributed by atoms with Gasteiger partial charge >= 0.3 is 5.97 Å². The van der Waals surface area contributed by atoms with E-state index in [4.69, 9.17) is 4.74 Å². The summed E-state index contributed by atoms with van der Waals surface area (Å²) in [5.41, 5.74) is 0.830. The fourth-order valence-corrected chi connectivity index (χ4v) is 0.873. The van der Waals surface area contributed by atoms with Gasteiger partial charge in [0.2, 0.25) is 0 Å². The molecule has 0 aliphatic heterocycles. The molecule has 14 heavy (non-hydrogen) atoms. The molecule has 0 aliphatic rings. The molecule has 0 bridgehead atoms. The molecule has 0 aromatic carbocycles. The highest BCUT2D eigenvalue weighted by Crippen LogP contribution is 2.00. The van der Waals surface area contributed by atoms with Crippen LogP contribution in [0.5, 0.6) is 0 Å². The predicted octanol–water partition coefficient (Wildman–Crippen LogP) is 1.01. The number of aromatic nitrogens is 1.